The SMILES string of the molecule is CCNC(=NCc1cc2c(cc1OC(F)F)OCO2)NCCCC(=O)OCC. The van der Waals surface area contributed by atoms with Gasteiger partial charge in [-0.15, -0.1) is 0 Å². The van der Waals surface area contributed by atoms with Gasteiger partial charge < -0.3 is 29.6 Å². The number of guanidine groups is 1. The lowest BCUT2D eigenvalue weighted by Gasteiger charge is -2.13. The Hall–Kier alpha value is -2.78. The van der Waals surface area contributed by atoms with E-state index < -0.39 is 6.61 Å². The van der Waals surface area contributed by atoms with Crippen LogP contribution in [0.4, 0.5) is 8.78 Å². The van der Waals surface area contributed by atoms with E-state index in [1.807, 2.05) is 6.92 Å². The molecule has 2 rings (SSSR count). The molecule has 2 N–H and O–H groups in total. The molecule has 28 heavy (non-hydrogen) atoms. The summed E-state index contributed by atoms with van der Waals surface area (Å²) in [6.45, 7) is 2.30. The van der Waals surface area contributed by atoms with Crippen LogP contribution < -0.4 is 24.8 Å². The van der Waals surface area contributed by atoms with Gasteiger partial charge in [0, 0.05) is 31.1 Å². The highest BCUT2D eigenvalue weighted by Gasteiger charge is 2.20. The maximum absolute atomic E-state index is 12.7. The smallest absolute Gasteiger partial charge is 0.387 e. The molecule has 0 spiro atoms. The summed E-state index contributed by atoms with van der Waals surface area (Å²) >= 11 is 0. The van der Waals surface area contributed by atoms with Gasteiger partial charge in [-0.25, -0.2) is 4.99 Å². The lowest BCUT2D eigenvalue weighted by Crippen LogP contribution is -2.37. The van der Waals surface area contributed by atoms with Gasteiger partial charge in [0.25, 0.3) is 0 Å². The summed E-state index contributed by atoms with van der Waals surface area (Å²) < 4.78 is 45.3. The third kappa shape index (κ3) is 6.75. The molecule has 8 nitrogen and oxygen atoms in total. The molecule has 1 aromatic rings. The minimum atomic E-state index is -2.96. The predicted octanol–water partition coefficient (Wildman–Crippen LogP) is 2.42. The molecule has 0 saturated carbocycles. The van der Waals surface area contributed by atoms with Crippen LogP contribution >= 0.6 is 0 Å². The molecule has 0 unspecified atom stereocenters. The largest absolute Gasteiger partial charge is 0.466 e. The molecule has 1 aliphatic rings. The van der Waals surface area contributed by atoms with Crippen LogP contribution in [0.25, 0.3) is 0 Å². The van der Waals surface area contributed by atoms with E-state index in [0.29, 0.717) is 55.6 Å². The zero-order chi connectivity index (χ0) is 20.4. The highest BCUT2D eigenvalue weighted by molar-refractivity contribution is 5.79. The monoisotopic (exact) mass is 401 g/mol. The lowest BCUT2D eigenvalue weighted by atomic mass is 10.1. The maximum atomic E-state index is 12.7. The average molecular weight is 401 g/mol. The van der Waals surface area contributed by atoms with Crippen molar-refractivity contribution in [3.05, 3.63) is 17.7 Å². The first kappa shape index (κ1) is 21.5. The number of esters is 1. The van der Waals surface area contributed by atoms with E-state index in [2.05, 4.69) is 20.4 Å². The molecule has 156 valence electrons. The van der Waals surface area contributed by atoms with Crippen LogP contribution in [-0.2, 0) is 16.1 Å². The van der Waals surface area contributed by atoms with E-state index in [1.165, 1.54) is 6.07 Å². The first-order chi connectivity index (χ1) is 13.5. The van der Waals surface area contributed by atoms with Crippen molar-refractivity contribution in [1.29, 1.82) is 0 Å². The lowest BCUT2D eigenvalue weighted by molar-refractivity contribution is -0.143. The molecule has 1 heterocycles. The standard InChI is InChI=1S/C18H25F2N3O5/c1-3-21-18(22-7-5-6-16(24)25-4-2)23-10-12-8-14-15(27-11-26-14)9-13(12)28-17(19)20/h8-9,17H,3-7,10-11H2,1-2H3,(H2,21,22,23). The van der Waals surface area contributed by atoms with Crippen molar-refractivity contribution >= 4 is 11.9 Å². The molecule has 0 bridgehead atoms. The van der Waals surface area contributed by atoms with Crippen molar-refractivity contribution < 1.29 is 32.5 Å². The van der Waals surface area contributed by atoms with E-state index in [0.717, 1.165) is 0 Å². The Kier molecular flexibility index (Phi) is 8.57. The number of halogens is 2. The van der Waals surface area contributed by atoms with E-state index in [9.17, 15) is 13.6 Å². The van der Waals surface area contributed by atoms with Gasteiger partial charge in [-0.05, 0) is 26.3 Å². The minimum absolute atomic E-state index is 0.0128. The Morgan fingerprint density at radius 2 is 2.00 bits per heavy atom. The van der Waals surface area contributed by atoms with Crippen molar-refractivity contribution in [2.75, 3.05) is 26.5 Å². The fourth-order valence-corrected chi connectivity index (χ4v) is 2.47. The number of fused-ring (bicyclic) bond motifs is 1. The van der Waals surface area contributed by atoms with Crippen molar-refractivity contribution in [3.8, 4) is 17.2 Å². The molecule has 0 aliphatic carbocycles. The quantitative estimate of drug-likeness (QED) is 0.269. The van der Waals surface area contributed by atoms with Crippen LogP contribution in [0.2, 0.25) is 0 Å². The first-order valence-corrected chi connectivity index (χ1v) is 9.08. The molecule has 0 aromatic heterocycles. The Labute approximate surface area is 162 Å². The molecule has 10 heteroatoms. The van der Waals surface area contributed by atoms with Crippen LogP contribution in [0.5, 0.6) is 17.2 Å². The van der Waals surface area contributed by atoms with Crippen LogP contribution in [0.1, 0.15) is 32.3 Å². The number of hydrogen-bond acceptors (Lipinski definition) is 6. The van der Waals surface area contributed by atoms with Gasteiger partial charge in [-0.3, -0.25) is 4.79 Å². The third-order valence-electron chi connectivity index (χ3n) is 3.68. The predicted molar refractivity (Wildman–Crippen MR) is 97.9 cm³/mol. The van der Waals surface area contributed by atoms with Gasteiger partial charge in [-0.2, -0.15) is 8.78 Å². The van der Waals surface area contributed by atoms with E-state index in [-0.39, 0.29) is 25.1 Å². The number of hydrogen-bond donors (Lipinski definition) is 2. The Bertz CT molecular complexity index is 685. The molecule has 1 aromatic carbocycles. The second kappa shape index (κ2) is 11.2. The molecule has 0 saturated heterocycles. The summed E-state index contributed by atoms with van der Waals surface area (Å²) in [4.78, 5) is 15.7. The second-order valence-electron chi connectivity index (χ2n) is 5.72. The molecular formula is C18H25F2N3O5. The molecule has 0 radical (unpaired) electrons. The number of nitrogens with zero attached hydrogens (tertiary/aromatic N) is 1. The summed E-state index contributed by atoms with van der Waals surface area (Å²) in [7, 11) is 0. The Balaban J connectivity index is 2.00. The number of carbonyl (C=O) groups excluding carboxylic acids is 1. The van der Waals surface area contributed by atoms with Gasteiger partial charge in [-0.1, -0.05) is 0 Å². The van der Waals surface area contributed by atoms with Gasteiger partial charge in [0.1, 0.15) is 5.75 Å². The molecule has 1 aliphatic heterocycles. The van der Waals surface area contributed by atoms with E-state index in [4.69, 9.17) is 14.2 Å². The minimum Gasteiger partial charge on any atom is -0.466 e. The third-order valence-corrected chi connectivity index (χ3v) is 3.68. The summed E-state index contributed by atoms with van der Waals surface area (Å²) in [5.74, 6) is 1.04. The second-order valence-corrected chi connectivity index (χ2v) is 5.72. The Morgan fingerprint density at radius 3 is 2.68 bits per heavy atom. The highest BCUT2D eigenvalue weighted by atomic mass is 19.3. The summed E-state index contributed by atoms with van der Waals surface area (Å²) in [6, 6.07) is 2.95. The normalized spacial score (nSPS) is 12.8. The van der Waals surface area contributed by atoms with E-state index >= 15 is 0 Å². The summed E-state index contributed by atoms with van der Waals surface area (Å²) in [6.07, 6.45) is 0.877. The molecule has 0 fully saturated rings. The van der Waals surface area contributed by atoms with Gasteiger partial charge in [0.2, 0.25) is 6.79 Å². The molecule has 0 atom stereocenters. The van der Waals surface area contributed by atoms with Crippen molar-refractivity contribution in [1.82, 2.24) is 10.6 Å². The van der Waals surface area contributed by atoms with Gasteiger partial charge >= 0.3 is 12.6 Å². The van der Waals surface area contributed by atoms with Gasteiger partial charge in [0.15, 0.2) is 17.5 Å². The maximum Gasteiger partial charge on any atom is 0.387 e. The van der Waals surface area contributed by atoms with Crippen LogP contribution in [0, 0.1) is 0 Å². The van der Waals surface area contributed by atoms with Crippen molar-refractivity contribution in [2.45, 2.75) is 39.8 Å². The van der Waals surface area contributed by atoms with Crippen LogP contribution in [-0.4, -0.2) is 45.0 Å². The number of carbonyl (C=O) groups is 1. The number of aliphatic imine (C=N–C) groups is 1. The summed E-state index contributed by atoms with van der Waals surface area (Å²) in [5.41, 5.74) is 0.438. The number of benzene rings is 1. The average Bonchev–Trinajstić information content (AvgIpc) is 3.10. The number of rotatable bonds is 10. The van der Waals surface area contributed by atoms with Crippen molar-refractivity contribution in [3.63, 3.8) is 0 Å². The van der Waals surface area contributed by atoms with Gasteiger partial charge in [0.05, 0.1) is 13.2 Å². The zero-order valence-corrected chi connectivity index (χ0v) is 15.9. The zero-order valence-electron chi connectivity index (χ0n) is 15.9. The Morgan fingerprint density at radius 1 is 1.25 bits per heavy atom. The molecular weight excluding hydrogens is 376 g/mol. The number of nitrogens with one attached hydrogen (secondary N) is 2. The number of ether oxygens (including phenoxy) is 4. The topological polar surface area (TPSA) is 90.4 Å². The highest BCUT2D eigenvalue weighted by Crippen LogP contribution is 2.38. The fourth-order valence-electron chi connectivity index (χ4n) is 2.47. The van der Waals surface area contributed by atoms with Crippen LogP contribution in [0.3, 0.4) is 0 Å². The first-order valence-electron chi connectivity index (χ1n) is 9.08. The van der Waals surface area contributed by atoms with Crippen molar-refractivity contribution in [2.24, 2.45) is 4.99 Å². The number of alkyl halides is 2. The van der Waals surface area contributed by atoms with E-state index in [1.54, 1.807) is 13.0 Å². The summed E-state index contributed by atoms with van der Waals surface area (Å²) in [5, 5.41) is 6.14. The molecule has 0 amide bonds. The van der Waals surface area contributed by atoms with Crippen LogP contribution in [0.15, 0.2) is 17.1 Å². The fraction of sp³-hybridized carbons (Fsp3) is 0.556.